The van der Waals surface area contributed by atoms with Gasteiger partial charge in [-0.3, -0.25) is 10.1 Å². The van der Waals surface area contributed by atoms with Crippen molar-refractivity contribution in [2.45, 2.75) is 20.4 Å². The number of guanidine groups is 1. The maximum Gasteiger partial charge on any atom is 0.269 e. The Bertz CT molecular complexity index is 424. The van der Waals surface area contributed by atoms with Crippen molar-refractivity contribution in [1.29, 1.82) is 0 Å². The molecule has 0 atom stereocenters. The smallest absolute Gasteiger partial charge is 0.269 e. The first-order chi connectivity index (χ1) is 8.67. The van der Waals surface area contributed by atoms with Gasteiger partial charge in [-0.05, 0) is 19.4 Å². The van der Waals surface area contributed by atoms with Gasteiger partial charge in [0.25, 0.3) is 5.69 Å². The summed E-state index contributed by atoms with van der Waals surface area (Å²) in [4.78, 5) is 14.6. The summed E-state index contributed by atoms with van der Waals surface area (Å²) in [7, 11) is 0. The third-order valence-electron chi connectivity index (χ3n) is 2.23. The van der Waals surface area contributed by atoms with E-state index in [9.17, 15) is 10.1 Å². The topological polar surface area (TPSA) is 79.6 Å². The summed E-state index contributed by atoms with van der Waals surface area (Å²) < 4.78 is 0. The van der Waals surface area contributed by atoms with Gasteiger partial charge < -0.3 is 10.6 Å². The van der Waals surface area contributed by atoms with Crippen LogP contribution in [-0.4, -0.2) is 24.0 Å². The standard InChI is InChI=1S/C12H18N4O2/c1-3-13-12(14-4-2)15-9-10-6-5-7-11(8-10)16(17)18/h5-8H,3-4,9H2,1-2H3,(H2,13,14,15). The van der Waals surface area contributed by atoms with E-state index in [0.29, 0.717) is 12.5 Å². The number of benzene rings is 1. The number of non-ortho nitro benzene ring substituents is 1. The number of nitrogens with zero attached hydrogens (tertiary/aromatic N) is 2. The molecule has 0 amide bonds. The first-order valence-corrected chi connectivity index (χ1v) is 5.92. The molecule has 0 saturated carbocycles. The van der Waals surface area contributed by atoms with E-state index < -0.39 is 4.92 Å². The van der Waals surface area contributed by atoms with Crippen molar-refractivity contribution in [3.8, 4) is 0 Å². The predicted octanol–water partition coefficient (Wildman–Crippen LogP) is 1.67. The molecule has 98 valence electrons. The van der Waals surface area contributed by atoms with Crippen LogP contribution in [-0.2, 0) is 6.54 Å². The van der Waals surface area contributed by atoms with Crippen LogP contribution in [0.4, 0.5) is 5.69 Å². The Labute approximate surface area is 106 Å². The molecule has 6 nitrogen and oxygen atoms in total. The Hall–Kier alpha value is -2.11. The molecule has 0 unspecified atom stereocenters. The molecule has 0 aliphatic heterocycles. The molecule has 0 aromatic heterocycles. The summed E-state index contributed by atoms with van der Waals surface area (Å²) in [5, 5.41) is 16.8. The van der Waals surface area contributed by atoms with Gasteiger partial charge in [0.15, 0.2) is 5.96 Å². The van der Waals surface area contributed by atoms with Gasteiger partial charge in [-0.1, -0.05) is 12.1 Å². The average molecular weight is 250 g/mol. The van der Waals surface area contributed by atoms with Crippen molar-refractivity contribution in [2.24, 2.45) is 4.99 Å². The van der Waals surface area contributed by atoms with Crippen molar-refractivity contribution in [3.63, 3.8) is 0 Å². The number of hydrogen-bond donors (Lipinski definition) is 2. The molecule has 18 heavy (non-hydrogen) atoms. The SMILES string of the molecule is CCNC(=NCc1cccc([N+](=O)[O-])c1)NCC. The Balaban J connectivity index is 2.73. The second-order valence-electron chi connectivity index (χ2n) is 3.65. The van der Waals surface area contributed by atoms with Crippen LogP contribution in [0.2, 0.25) is 0 Å². The summed E-state index contributed by atoms with van der Waals surface area (Å²) in [6.45, 7) is 5.94. The predicted molar refractivity (Wildman–Crippen MR) is 71.6 cm³/mol. The lowest BCUT2D eigenvalue weighted by Crippen LogP contribution is -2.36. The highest BCUT2D eigenvalue weighted by Crippen LogP contribution is 2.13. The molecule has 0 saturated heterocycles. The van der Waals surface area contributed by atoms with E-state index in [4.69, 9.17) is 0 Å². The van der Waals surface area contributed by atoms with Gasteiger partial charge >= 0.3 is 0 Å². The third-order valence-corrected chi connectivity index (χ3v) is 2.23. The Kier molecular flexibility index (Phi) is 5.63. The molecule has 0 fully saturated rings. The highest BCUT2D eigenvalue weighted by Gasteiger charge is 2.05. The van der Waals surface area contributed by atoms with E-state index in [1.807, 2.05) is 19.9 Å². The molecule has 0 aliphatic carbocycles. The Morgan fingerprint density at radius 3 is 2.56 bits per heavy atom. The number of aliphatic imine (C=N–C) groups is 1. The van der Waals surface area contributed by atoms with Crippen LogP contribution in [0.1, 0.15) is 19.4 Å². The van der Waals surface area contributed by atoms with E-state index in [2.05, 4.69) is 15.6 Å². The zero-order valence-electron chi connectivity index (χ0n) is 10.6. The van der Waals surface area contributed by atoms with Gasteiger partial charge in [0, 0.05) is 25.2 Å². The van der Waals surface area contributed by atoms with E-state index in [0.717, 1.165) is 18.7 Å². The quantitative estimate of drug-likeness (QED) is 0.360. The van der Waals surface area contributed by atoms with Crippen molar-refractivity contribution in [1.82, 2.24) is 10.6 Å². The first kappa shape index (κ1) is 14.0. The van der Waals surface area contributed by atoms with E-state index in [1.54, 1.807) is 12.1 Å². The lowest BCUT2D eigenvalue weighted by molar-refractivity contribution is -0.384. The van der Waals surface area contributed by atoms with Gasteiger partial charge in [-0.25, -0.2) is 4.99 Å². The molecule has 0 bridgehead atoms. The van der Waals surface area contributed by atoms with Crippen molar-refractivity contribution in [2.75, 3.05) is 13.1 Å². The second kappa shape index (κ2) is 7.26. The molecule has 1 aromatic rings. The molecule has 0 radical (unpaired) electrons. The number of nitro benzene ring substituents is 1. The zero-order valence-corrected chi connectivity index (χ0v) is 10.6. The minimum atomic E-state index is -0.400. The van der Waals surface area contributed by atoms with Crippen molar-refractivity contribution < 1.29 is 4.92 Å². The molecule has 0 spiro atoms. The number of rotatable bonds is 5. The summed E-state index contributed by atoms with van der Waals surface area (Å²) in [6.07, 6.45) is 0. The molecule has 0 aliphatic rings. The lowest BCUT2D eigenvalue weighted by atomic mass is 10.2. The summed E-state index contributed by atoms with van der Waals surface area (Å²) in [6, 6.07) is 6.51. The minimum absolute atomic E-state index is 0.0937. The van der Waals surface area contributed by atoms with E-state index >= 15 is 0 Å². The number of nitrogens with one attached hydrogen (secondary N) is 2. The molecular formula is C12H18N4O2. The van der Waals surface area contributed by atoms with Crippen LogP contribution in [0, 0.1) is 10.1 Å². The lowest BCUT2D eigenvalue weighted by Gasteiger charge is -2.08. The van der Waals surface area contributed by atoms with Crippen LogP contribution < -0.4 is 10.6 Å². The third kappa shape index (κ3) is 4.40. The average Bonchev–Trinajstić information content (AvgIpc) is 2.37. The van der Waals surface area contributed by atoms with Crippen LogP contribution in [0.25, 0.3) is 0 Å². The largest absolute Gasteiger partial charge is 0.357 e. The minimum Gasteiger partial charge on any atom is -0.357 e. The van der Waals surface area contributed by atoms with E-state index in [1.165, 1.54) is 6.07 Å². The second-order valence-corrected chi connectivity index (χ2v) is 3.65. The molecule has 2 N–H and O–H groups in total. The van der Waals surface area contributed by atoms with Gasteiger partial charge in [0.2, 0.25) is 0 Å². The highest BCUT2D eigenvalue weighted by molar-refractivity contribution is 5.79. The maximum atomic E-state index is 10.6. The van der Waals surface area contributed by atoms with Gasteiger partial charge in [0.05, 0.1) is 11.5 Å². The Morgan fingerprint density at radius 1 is 1.33 bits per heavy atom. The van der Waals surface area contributed by atoms with Crippen LogP contribution in [0.5, 0.6) is 0 Å². The van der Waals surface area contributed by atoms with E-state index in [-0.39, 0.29) is 5.69 Å². The monoisotopic (exact) mass is 250 g/mol. The van der Waals surface area contributed by atoms with Gasteiger partial charge in [0.1, 0.15) is 0 Å². The van der Waals surface area contributed by atoms with Crippen molar-refractivity contribution >= 4 is 11.6 Å². The van der Waals surface area contributed by atoms with Gasteiger partial charge in [-0.15, -0.1) is 0 Å². The molecular weight excluding hydrogens is 232 g/mol. The summed E-state index contributed by atoms with van der Waals surface area (Å²) >= 11 is 0. The van der Waals surface area contributed by atoms with Gasteiger partial charge in [-0.2, -0.15) is 0 Å². The highest BCUT2D eigenvalue weighted by atomic mass is 16.6. The van der Waals surface area contributed by atoms with Crippen LogP contribution in [0.15, 0.2) is 29.3 Å². The normalized spacial score (nSPS) is 9.67. The maximum absolute atomic E-state index is 10.6. The molecule has 0 heterocycles. The molecule has 1 aromatic carbocycles. The fourth-order valence-electron chi connectivity index (χ4n) is 1.45. The van der Waals surface area contributed by atoms with Crippen molar-refractivity contribution in [3.05, 3.63) is 39.9 Å². The van der Waals surface area contributed by atoms with Crippen LogP contribution in [0.3, 0.4) is 0 Å². The summed E-state index contributed by atoms with van der Waals surface area (Å²) in [5.74, 6) is 0.714. The number of hydrogen-bond acceptors (Lipinski definition) is 3. The Morgan fingerprint density at radius 2 is 2.00 bits per heavy atom. The fraction of sp³-hybridized carbons (Fsp3) is 0.417. The molecule has 6 heteroatoms. The molecule has 1 rings (SSSR count). The zero-order chi connectivity index (χ0) is 13.4. The van der Waals surface area contributed by atoms with Crippen LogP contribution >= 0.6 is 0 Å². The number of nitro groups is 1. The fourth-order valence-corrected chi connectivity index (χ4v) is 1.45. The summed E-state index contributed by atoms with van der Waals surface area (Å²) in [5.41, 5.74) is 0.911. The first-order valence-electron chi connectivity index (χ1n) is 5.92.